The van der Waals surface area contributed by atoms with Gasteiger partial charge in [0.15, 0.2) is 5.78 Å². The van der Waals surface area contributed by atoms with Gasteiger partial charge in [0.1, 0.15) is 5.76 Å². The molecule has 128 valence electrons. The predicted molar refractivity (Wildman–Crippen MR) is 87.2 cm³/mol. The molecule has 0 aliphatic heterocycles. The maximum atomic E-state index is 12.5. The molecule has 6 nitrogen and oxygen atoms in total. The molecule has 3 rings (SSSR count). The van der Waals surface area contributed by atoms with Crippen LogP contribution in [-0.4, -0.2) is 17.0 Å². The summed E-state index contributed by atoms with van der Waals surface area (Å²) in [6.07, 6.45) is 3.05. The SMILES string of the molecule is CC12CCC(C(OC(=O)c3ccc(N([O-])O)cc3)=CC1=O)C2(C)C. The van der Waals surface area contributed by atoms with Crippen LogP contribution in [0.5, 0.6) is 0 Å². The first-order valence-corrected chi connectivity index (χ1v) is 7.91. The maximum absolute atomic E-state index is 12.5. The molecule has 0 saturated heterocycles. The topological polar surface area (TPSA) is 89.9 Å². The number of hydrogen-bond acceptors (Lipinski definition) is 6. The van der Waals surface area contributed by atoms with Gasteiger partial charge in [-0.15, -0.1) is 0 Å². The van der Waals surface area contributed by atoms with Crippen LogP contribution in [0.3, 0.4) is 0 Å². The molecular formula is C18H20NO5-. The van der Waals surface area contributed by atoms with Crippen LogP contribution in [0.25, 0.3) is 0 Å². The minimum Gasteiger partial charge on any atom is -0.733 e. The Hall–Kier alpha value is -2.18. The molecular weight excluding hydrogens is 310 g/mol. The summed E-state index contributed by atoms with van der Waals surface area (Å²) in [5.41, 5.74) is -0.406. The monoisotopic (exact) mass is 330 g/mol. The summed E-state index contributed by atoms with van der Waals surface area (Å²) in [5, 5.41) is 19.3. The van der Waals surface area contributed by atoms with E-state index in [0.29, 0.717) is 5.76 Å². The third kappa shape index (κ3) is 2.34. The van der Waals surface area contributed by atoms with E-state index in [1.165, 1.54) is 30.3 Å². The van der Waals surface area contributed by atoms with Gasteiger partial charge < -0.3 is 15.2 Å². The molecule has 0 amide bonds. The molecule has 1 saturated carbocycles. The van der Waals surface area contributed by atoms with E-state index < -0.39 is 11.4 Å². The average Bonchev–Trinajstić information content (AvgIpc) is 2.68. The van der Waals surface area contributed by atoms with Gasteiger partial charge in [-0.1, -0.05) is 20.8 Å². The molecule has 2 bridgehead atoms. The van der Waals surface area contributed by atoms with E-state index in [1.54, 1.807) is 0 Å². The van der Waals surface area contributed by atoms with Crippen molar-refractivity contribution in [1.82, 2.24) is 0 Å². The number of carbonyl (C=O) groups excluding carboxylic acids is 2. The smallest absolute Gasteiger partial charge is 0.343 e. The lowest BCUT2D eigenvalue weighted by Crippen LogP contribution is -2.44. The number of nitrogens with zero attached hydrogens (tertiary/aromatic N) is 1. The fraction of sp³-hybridized carbons (Fsp3) is 0.444. The average molecular weight is 330 g/mol. The second-order valence-electron chi connectivity index (χ2n) is 7.27. The van der Waals surface area contributed by atoms with E-state index in [1.807, 2.05) is 20.8 Å². The van der Waals surface area contributed by atoms with Crippen LogP contribution in [0.15, 0.2) is 36.1 Å². The van der Waals surface area contributed by atoms with Gasteiger partial charge >= 0.3 is 5.97 Å². The number of hydrogen-bond donors (Lipinski definition) is 1. The highest BCUT2D eigenvalue weighted by molar-refractivity contribution is 5.98. The van der Waals surface area contributed by atoms with Gasteiger partial charge in [0, 0.05) is 17.4 Å². The van der Waals surface area contributed by atoms with E-state index in [0.717, 1.165) is 12.8 Å². The van der Waals surface area contributed by atoms with E-state index in [9.17, 15) is 14.8 Å². The van der Waals surface area contributed by atoms with Crippen LogP contribution in [0.2, 0.25) is 0 Å². The van der Waals surface area contributed by atoms with Crippen molar-refractivity contribution in [2.75, 3.05) is 5.23 Å². The molecule has 0 aromatic heterocycles. The minimum absolute atomic E-state index is 0.00155. The van der Waals surface area contributed by atoms with Gasteiger partial charge in [-0.25, -0.2) is 4.79 Å². The molecule has 1 aromatic rings. The zero-order valence-electron chi connectivity index (χ0n) is 13.9. The number of benzene rings is 1. The van der Waals surface area contributed by atoms with Crippen LogP contribution in [0, 0.1) is 22.0 Å². The Balaban J connectivity index is 1.82. The van der Waals surface area contributed by atoms with Crippen LogP contribution in [0.4, 0.5) is 5.69 Å². The summed E-state index contributed by atoms with van der Waals surface area (Å²) in [7, 11) is 0. The lowest BCUT2D eigenvalue weighted by atomic mass is 9.60. The van der Waals surface area contributed by atoms with Gasteiger partial charge in [-0.3, -0.25) is 10.0 Å². The Morgan fingerprint density at radius 1 is 1.29 bits per heavy atom. The molecule has 2 unspecified atom stereocenters. The van der Waals surface area contributed by atoms with Crippen LogP contribution < -0.4 is 5.23 Å². The fourth-order valence-electron chi connectivity index (χ4n) is 3.82. The molecule has 6 heteroatoms. The van der Waals surface area contributed by atoms with Gasteiger partial charge in [0.2, 0.25) is 0 Å². The normalized spacial score (nSPS) is 27.6. The quantitative estimate of drug-likeness (QED) is 0.674. The molecule has 1 aromatic carbocycles. The molecule has 24 heavy (non-hydrogen) atoms. The largest absolute Gasteiger partial charge is 0.733 e. The van der Waals surface area contributed by atoms with E-state index in [4.69, 9.17) is 9.94 Å². The Labute approximate surface area is 140 Å². The Morgan fingerprint density at radius 2 is 1.92 bits per heavy atom. The van der Waals surface area contributed by atoms with Gasteiger partial charge in [-0.2, -0.15) is 0 Å². The number of ether oxygens (including phenoxy) is 1. The lowest BCUT2D eigenvalue weighted by molar-refractivity contribution is -0.130. The summed E-state index contributed by atoms with van der Waals surface area (Å²) >= 11 is 0. The van der Waals surface area contributed by atoms with Crippen molar-refractivity contribution >= 4 is 17.4 Å². The molecule has 1 N–H and O–H groups in total. The Kier molecular flexibility index (Phi) is 3.77. The number of anilines is 1. The standard InChI is InChI=1S/C18H20NO5/c1-17(2)13-8-9-18(17,3)15(20)10-14(13)24-16(21)11-4-6-12(7-5-11)19(22)23/h4-7,10,13,22H,8-9H2,1-3H3/q-1. The summed E-state index contributed by atoms with van der Waals surface area (Å²) < 4.78 is 5.51. The van der Waals surface area contributed by atoms with Crippen molar-refractivity contribution < 1.29 is 19.5 Å². The number of esters is 1. The van der Waals surface area contributed by atoms with Crippen molar-refractivity contribution in [3.05, 3.63) is 46.9 Å². The summed E-state index contributed by atoms with van der Waals surface area (Å²) in [6, 6.07) is 5.43. The van der Waals surface area contributed by atoms with Crippen molar-refractivity contribution in [3.8, 4) is 0 Å². The van der Waals surface area contributed by atoms with Crippen molar-refractivity contribution in [2.24, 2.45) is 16.7 Å². The summed E-state index contributed by atoms with van der Waals surface area (Å²) in [5.74, 6) is -0.136. The van der Waals surface area contributed by atoms with Crippen LogP contribution in [-0.2, 0) is 9.53 Å². The number of fused-ring (bicyclic) bond motifs is 2. The molecule has 2 atom stereocenters. The molecule has 0 spiro atoms. The Morgan fingerprint density at radius 3 is 2.50 bits per heavy atom. The molecule has 0 heterocycles. The maximum Gasteiger partial charge on any atom is 0.343 e. The highest BCUT2D eigenvalue weighted by Crippen LogP contribution is 2.61. The summed E-state index contributed by atoms with van der Waals surface area (Å²) in [4.78, 5) is 24.8. The number of ketones is 1. The highest BCUT2D eigenvalue weighted by atomic mass is 16.8. The number of allylic oxidation sites excluding steroid dienone is 2. The van der Waals surface area contributed by atoms with Gasteiger partial charge in [0.05, 0.1) is 11.3 Å². The first kappa shape index (κ1) is 16.7. The molecule has 2 aliphatic carbocycles. The zero-order valence-corrected chi connectivity index (χ0v) is 13.9. The van der Waals surface area contributed by atoms with Gasteiger partial charge in [-0.05, 0) is 42.5 Å². The van der Waals surface area contributed by atoms with Crippen LogP contribution in [0.1, 0.15) is 44.0 Å². The first-order valence-electron chi connectivity index (χ1n) is 7.91. The van der Waals surface area contributed by atoms with E-state index >= 15 is 0 Å². The number of carbonyl (C=O) groups is 2. The summed E-state index contributed by atoms with van der Waals surface area (Å²) in [6.45, 7) is 6.07. The van der Waals surface area contributed by atoms with Crippen molar-refractivity contribution in [2.45, 2.75) is 33.6 Å². The van der Waals surface area contributed by atoms with Crippen LogP contribution >= 0.6 is 0 Å². The minimum atomic E-state index is -0.581. The Bertz CT molecular complexity index is 719. The van der Waals surface area contributed by atoms with Crippen molar-refractivity contribution in [3.63, 3.8) is 0 Å². The molecule has 0 radical (unpaired) electrons. The van der Waals surface area contributed by atoms with E-state index in [2.05, 4.69) is 0 Å². The van der Waals surface area contributed by atoms with Gasteiger partial charge in [0.25, 0.3) is 0 Å². The second-order valence-corrected chi connectivity index (χ2v) is 7.27. The number of rotatable bonds is 3. The molecule has 2 aliphatic rings. The predicted octanol–water partition coefficient (Wildman–Crippen LogP) is 3.45. The zero-order chi connectivity index (χ0) is 17.7. The second kappa shape index (κ2) is 5.43. The lowest BCUT2D eigenvalue weighted by Gasteiger charge is -2.43. The third-order valence-corrected chi connectivity index (χ3v) is 5.92. The first-order chi connectivity index (χ1) is 11.2. The highest BCUT2D eigenvalue weighted by Gasteiger charge is 2.59. The third-order valence-electron chi connectivity index (χ3n) is 5.92. The molecule has 1 fully saturated rings. The van der Waals surface area contributed by atoms with E-state index in [-0.39, 0.29) is 33.6 Å². The fourth-order valence-corrected chi connectivity index (χ4v) is 3.82. The van der Waals surface area contributed by atoms with Crippen molar-refractivity contribution in [1.29, 1.82) is 0 Å².